The summed E-state index contributed by atoms with van der Waals surface area (Å²) < 4.78 is 44.1. The minimum absolute atomic E-state index is 0.00578. The van der Waals surface area contributed by atoms with Gasteiger partial charge in [-0.1, -0.05) is 19.1 Å². The molecule has 0 fully saturated rings. The summed E-state index contributed by atoms with van der Waals surface area (Å²) >= 11 is 0. The highest BCUT2D eigenvalue weighted by Gasteiger charge is 2.35. The molecule has 1 aromatic heterocycles. The number of hydrogen-bond acceptors (Lipinski definition) is 4. The molecule has 1 heterocycles. The van der Waals surface area contributed by atoms with Gasteiger partial charge < -0.3 is 10.1 Å². The van der Waals surface area contributed by atoms with Gasteiger partial charge in [0, 0.05) is 42.4 Å². The van der Waals surface area contributed by atoms with E-state index in [4.69, 9.17) is 4.74 Å². The number of carbonyl (C=O) groups is 2. The molecule has 1 aromatic carbocycles. The first-order valence-corrected chi connectivity index (χ1v) is 8.24. The SMILES string of the molecule is CCC(=O)Cc1cc(C(=O)NCc2cccc(C(F)(F)F)c2OC)ccn1. The smallest absolute Gasteiger partial charge is 0.419 e. The van der Waals surface area contributed by atoms with E-state index in [9.17, 15) is 22.8 Å². The van der Waals surface area contributed by atoms with E-state index in [1.165, 1.54) is 30.5 Å². The number of alkyl halides is 3. The van der Waals surface area contributed by atoms with Gasteiger partial charge in [-0.25, -0.2) is 0 Å². The first-order valence-electron chi connectivity index (χ1n) is 8.24. The van der Waals surface area contributed by atoms with E-state index in [-0.39, 0.29) is 35.6 Å². The summed E-state index contributed by atoms with van der Waals surface area (Å²) in [6, 6.07) is 6.59. The molecule has 1 amide bonds. The third kappa shape index (κ3) is 5.29. The minimum atomic E-state index is -4.56. The van der Waals surface area contributed by atoms with Gasteiger partial charge in [0.2, 0.25) is 0 Å². The molecule has 0 saturated carbocycles. The van der Waals surface area contributed by atoms with E-state index in [1.807, 2.05) is 0 Å². The molecule has 2 aromatic rings. The first kappa shape index (κ1) is 20.4. The van der Waals surface area contributed by atoms with Crippen LogP contribution in [-0.2, 0) is 23.9 Å². The number of hydrogen-bond donors (Lipinski definition) is 1. The first-order chi connectivity index (χ1) is 12.8. The van der Waals surface area contributed by atoms with Crippen molar-refractivity contribution in [1.82, 2.24) is 10.3 Å². The molecule has 0 unspecified atom stereocenters. The lowest BCUT2D eigenvalue weighted by Crippen LogP contribution is -2.24. The van der Waals surface area contributed by atoms with Crippen LogP contribution >= 0.6 is 0 Å². The van der Waals surface area contributed by atoms with E-state index in [0.29, 0.717) is 12.1 Å². The topological polar surface area (TPSA) is 68.3 Å². The van der Waals surface area contributed by atoms with Crippen molar-refractivity contribution in [2.45, 2.75) is 32.5 Å². The van der Waals surface area contributed by atoms with Gasteiger partial charge >= 0.3 is 6.18 Å². The molecular formula is C19H19F3N2O3. The van der Waals surface area contributed by atoms with Crippen molar-refractivity contribution in [3.63, 3.8) is 0 Å². The highest BCUT2D eigenvalue weighted by Crippen LogP contribution is 2.37. The second-order valence-electron chi connectivity index (χ2n) is 5.78. The number of rotatable bonds is 7. The van der Waals surface area contributed by atoms with Gasteiger partial charge in [0.05, 0.1) is 12.7 Å². The molecule has 0 atom stereocenters. The van der Waals surface area contributed by atoms with Crippen molar-refractivity contribution in [2.24, 2.45) is 0 Å². The fraction of sp³-hybridized carbons (Fsp3) is 0.316. The lowest BCUT2D eigenvalue weighted by molar-refractivity contribution is -0.138. The summed E-state index contributed by atoms with van der Waals surface area (Å²) in [4.78, 5) is 27.9. The molecular weight excluding hydrogens is 361 g/mol. The summed E-state index contributed by atoms with van der Waals surface area (Å²) in [7, 11) is 1.15. The zero-order chi connectivity index (χ0) is 20.0. The van der Waals surface area contributed by atoms with E-state index in [0.717, 1.165) is 13.2 Å². The molecule has 144 valence electrons. The number of benzene rings is 1. The Balaban J connectivity index is 2.14. The van der Waals surface area contributed by atoms with E-state index in [1.54, 1.807) is 6.92 Å². The number of methoxy groups -OCH3 is 1. The van der Waals surface area contributed by atoms with Crippen molar-refractivity contribution in [1.29, 1.82) is 0 Å². The quantitative estimate of drug-likeness (QED) is 0.798. The highest BCUT2D eigenvalue weighted by molar-refractivity contribution is 5.94. The van der Waals surface area contributed by atoms with Crippen LogP contribution in [0.15, 0.2) is 36.5 Å². The predicted octanol–water partition coefficient (Wildman–Crippen LogP) is 3.56. The van der Waals surface area contributed by atoms with Gasteiger partial charge in [-0.3, -0.25) is 14.6 Å². The Morgan fingerprint density at radius 2 is 1.96 bits per heavy atom. The average Bonchev–Trinajstić information content (AvgIpc) is 2.65. The number of nitrogens with zero attached hydrogens (tertiary/aromatic N) is 1. The van der Waals surface area contributed by atoms with Gasteiger partial charge in [0.1, 0.15) is 11.5 Å². The van der Waals surface area contributed by atoms with Gasteiger partial charge in [-0.2, -0.15) is 13.2 Å². The van der Waals surface area contributed by atoms with Crippen molar-refractivity contribution >= 4 is 11.7 Å². The highest BCUT2D eigenvalue weighted by atomic mass is 19.4. The van der Waals surface area contributed by atoms with Gasteiger partial charge in [0.15, 0.2) is 0 Å². The zero-order valence-corrected chi connectivity index (χ0v) is 14.9. The maximum absolute atomic E-state index is 13.1. The number of halogens is 3. The molecule has 8 heteroatoms. The average molecular weight is 380 g/mol. The van der Waals surface area contributed by atoms with Crippen LogP contribution in [0.4, 0.5) is 13.2 Å². The molecule has 0 bridgehead atoms. The predicted molar refractivity (Wildman–Crippen MR) is 92.4 cm³/mol. The molecule has 0 spiro atoms. The Morgan fingerprint density at radius 3 is 2.59 bits per heavy atom. The lowest BCUT2D eigenvalue weighted by atomic mass is 10.1. The Bertz CT molecular complexity index is 835. The normalized spacial score (nSPS) is 11.1. The second-order valence-corrected chi connectivity index (χ2v) is 5.78. The van der Waals surface area contributed by atoms with Gasteiger partial charge in [-0.05, 0) is 18.2 Å². The van der Waals surface area contributed by atoms with Crippen LogP contribution in [0.3, 0.4) is 0 Å². The van der Waals surface area contributed by atoms with Crippen LogP contribution in [0.25, 0.3) is 0 Å². The number of aromatic nitrogens is 1. The molecule has 5 nitrogen and oxygen atoms in total. The Morgan fingerprint density at radius 1 is 1.22 bits per heavy atom. The minimum Gasteiger partial charge on any atom is -0.496 e. The largest absolute Gasteiger partial charge is 0.496 e. The number of para-hydroxylation sites is 1. The number of nitrogens with one attached hydrogen (secondary N) is 1. The number of carbonyl (C=O) groups excluding carboxylic acids is 2. The number of ketones is 1. The molecule has 27 heavy (non-hydrogen) atoms. The third-order valence-electron chi connectivity index (χ3n) is 3.90. The van der Waals surface area contributed by atoms with Gasteiger partial charge in [0.25, 0.3) is 5.91 Å². The molecule has 0 radical (unpaired) electrons. The third-order valence-corrected chi connectivity index (χ3v) is 3.90. The monoisotopic (exact) mass is 380 g/mol. The molecule has 0 aliphatic heterocycles. The van der Waals surface area contributed by atoms with Crippen molar-refractivity contribution in [3.05, 3.63) is 58.9 Å². The van der Waals surface area contributed by atoms with Crippen LogP contribution in [0.1, 0.15) is 40.5 Å². The zero-order valence-electron chi connectivity index (χ0n) is 14.9. The Labute approximate surface area is 154 Å². The lowest BCUT2D eigenvalue weighted by Gasteiger charge is -2.16. The molecule has 0 aliphatic carbocycles. The Hall–Kier alpha value is -2.90. The summed E-state index contributed by atoms with van der Waals surface area (Å²) in [5, 5.41) is 2.56. The number of ether oxygens (including phenoxy) is 1. The van der Waals surface area contributed by atoms with Crippen LogP contribution in [0.2, 0.25) is 0 Å². The van der Waals surface area contributed by atoms with Crippen LogP contribution < -0.4 is 10.1 Å². The second kappa shape index (κ2) is 8.66. The number of pyridine rings is 1. The van der Waals surface area contributed by atoms with E-state index >= 15 is 0 Å². The van der Waals surface area contributed by atoms with Crippen LogP contribution in [0.5, 0.6) is 5.75 Å². The van der Waals surface area contributed by atoms with Crippen LogP contribution in [0, 0.1) is 0 Å². The molecule has 0 saturated heterocycles. The van der Waals surface area contributed by atoms with Crippen LogP contribution in [-0.4, -0.2) is 23.8 Å². The maximum atomic E-state index is 13.1. The fourth-order valence-corrected chi connectivity index (χ4v) is 2.51. The van der Waals surface area contributed by atoms with Crippen molar-refractivity contribution < 1.29 is 27.5 Å². The number of Topliss-reactive ketones (excluding diaryl/α,β-unsaturated/α-hetero) is 1. The van der Waals surface area contributed by atoms with E-state index in [2.05, 4.69) is 10.3 Å². The molecule has 1 N–H and O–H groups in total. The van der Waals surface area contributed by atoms with Crippen molar-refractivity contribution in [2.75, 3.05) is 7.11 Å². The maximum Gasteiger partial charge on any atom is 0.419 e. The fourth-order valence-electron chi connectivity index (χ4n) is 2.51. The summed E-state index contributed by atoms with van der Waals surface area (Å²) in [6.45, 7) is 1.60. The summed E-state index contributed by atoms with van der Waals surface area (Å²) in [6.07, 6.45) is -2.65. The molecule has 0 aliphatic rings. The summed E-state index contributed by atoms with van der Waals surface area (Å²) in [5.41, 5.74) is 0.0399. The number of amides is 1. The Kier molecular flexibility index (Phi) is 6.55. The summed E-state index contributed by atoms with van der Waals surface area (Å²) in [5.74, 6) is -0.815. The van der Waals surface area contributed by atoms with E-state index < -0.39 is 17.6 Å². The molecule has 2 rings (SSSR count). The van der Waals surface area contributed by atoms with Gasteiger partial charge in [-0.15, -0.1) is 0 Å². The standard InChI is InChI=1S/C19H19F3N2O3/c1-3-15(25)10-14-9-12(7-8-23-14)18(26)24-11-13-5-4-6-16(17(13)27-2)19(20,21)22/h4-9H,3,10-11H2,1-2H3,(H,24,26). The van der Waals surface area contributed by atoms with Crippen molar-refractivity contribution in [3.8, 4) is 5.75 Å².